The maximum Gasteiger partial charge on any atom is 0.286 e. The fourth-order valence-electron chi connectivity index (χ4n) is 2.17. The summed E-state index contributed by atoms with van der Waals surface area (Å²) in [5.41, 5.74) is 1.96. The number of amidine groups is 1. The Hall–Kier alpha value is -2.86. The van der Waals surface area contributed by atoms with Gasteiger partial charge in [-0.25, -0.2) is 0 Å². The van der Waals surface area contributed by atoms with Gasteiger partial charge in [0.05, 0.1) is 4.91 Å². The largest absolute Gasteiger partial charge is 0.489 e. The van der Waals surface area contributed by atoms with Gasteiger partial charge < -0.3 is 10.1 Å². The number of aliphatic imine (C=N–C) groups is 1. The van der Waals surface area contributed by atoms with Crippen LogP contribution in [-0.4, -0.2) is 17.0 Å². The van der Waals surface area contributed by atoms with Gasteiger partial charge in [-0.15, -0.1) is 0 Å². The molecule has 25 heavy (non-hydrogen) atoms. The SMILES string of the molecule is CC(=O)NC1=NC(=O)C(=Cc2ccc(OCc3ccccc3)cc2)S1. The van der Waals surface area contributed by atoms with E-state index in [4.69, 9.17) is 4.74 Å². The van der Waals surface area contributed by atoms with Crippen molar-refractivity contribution < 1.29 is 14.3 Å². The first-order chi connectivity index (χ1) is 12.1. The summed E-state index contributed by atoms with van der Waals surface area (Å²) in [5, 5.41) is 2.83. The lowest BCUT2D eigenvalue weighted by Crippen LogP contribution is -2.23. The van der Waals surface area contributed by atoms with Crippen LogP contribution in [0.3, 0.4) is 0 Å². The van der Waals surface area contributed by atoms with E-state index in [-0.39, 0.29) is 11.8 Å². The number of carbonyl (C=O) groups excluding carboxylic acids is 2. The molecule has 2 amide bonds. The Morgan fingerprint density at radius 2 is 1.88 bits per heavy atom. The highest BCUT2D eigenvalue weighted by atomic mass is 32.2. The highest BCUT2D eigenvalue weighted by Gasteiger charge is 2.22. The van der Waals surface area contributed by atoms with Crippen molar-refractivity contribution in [3.8, 4) is 5.75 Å². The van der Waals surface area contributed by atoms with Gasteiger partial charge in [0.2, 0.25) is 5.91 Å². The smallest absolute Gasteiger partial charge is 0.286 e. The minimum atomic E-state index is -0.349. The van der Waals surface area contributed by atoms with Crippen LogP contribution in [0.25, 0.3) is 6.08 Å². The number of rotatable bonds is 4. The number of ether oxygens (including phenoxy) is 1. The van der Waals surface area contributed by atoms with E-state index in [2.05, 4.69) is 10.3 Å². The van der Waals surface area contributed by atoms with E-state index in [1.165, 1.54) is 6.92 Å². The van der Waals surface area contributed by atoms with E-state index in [1.807, 2.05) is 54.6 Å². The van der Waals surface area contributed by atoms with Gasteiger partial charge in [0, 0.05) is 6.92 Å². The Kier molecular flexibility index (Phi) is 5.30. The molecule has 0 unspecified atom stereocenters. The highest BCUT2D eigenvalue weighted by molar-refractivity contribution is 8.18. The molecular formula is C19H16N2O3S. The zero-order chi connectivity index (χ0) is 17.6. The molecule has 0 aromatic heterocycles. The lowest BCUT2D eigenvalue weighted by molar-refractivity contribution is -0.117. The fraction of sp³-hybridized carbons (Fsp3) is 0.105. The van der Waals surface area contributed by atoms with E-state index in [1.54, 1.807) is 6.08 Å². The summed E-state index contributed by atoms with van der Waals surface area (Å²) >= 11 is 1.15. The van der Waals surface area contributed by atoms with E-state index in [0.29, 0.717) is 16.7 Å². The number of amides is 2. The first-order valence-corrected chi connectivity index (χ1v) is 8.49. The van der Waals surface area contributed by atoms with Crippen molar-refractivity contribution in [2.45, 2.75) is 13.5 Å². The molecule has 0 aliphatic carbocycles. The minimum Gasteiger partial charge on any atom is -0.489 e. The monoisotopic (exact) mass is 352 g/mol. The van der Waals surface area contributed by atoms with Crippen molar-refractivity contribution in [2.75, 3.05) is 0 Å². The van der Waals surface area contributed by atoms with Crippen LogP contribution in [0.2, 0.25) is 0 Å². The van der Waals surface area contributed by atoms with E-state index >= 15 is 0 Å². The fourth-order valence-corrected chi connectivity index (χ4v) is 3.03. The predicted molar refractivity (Wildman–Crippen MR) is 99.0 cm³/mol. The molecule has 0 radical (unpaired) electrons. The number of nitrogens with zero attached hydrogens (tertiary/aromatic N) is 1. The van der Waals surface area contributed by atoms with E-state index in [9.17, 15) is 9.59 Å². The van der Waals surface area contributed by atoms with Crippen molar-refractivity contribution in [2.24, 2.45) is 4.99 Å². The van der Waals surface area contributed by atoms with Crippen LogP contribution in [0.15, 0.2) is 64.5 Å². The normalized spacial score (nSPS) is 15.2. The third kappa shape index (κ3) is 4.81. The molecule has 2 aromatic carbocycles. The summed E-state index contributed by atoms with van der Waals surface area (Å²) in [7, 11) is 0. The molecule has 2 aromatic rings. The molecule has 0 bridgehead atoms. The van der Waals surface area contributed by atoms with Gasteiger partial charge in [-0.05, 0) is 41.1 Å². The molecule has 3 rings (SSSR count). The molecule has 1 N–H and O–H groups in total. The second kappa shape index (κ2) is 7.81. The van der Waals surface area contributed by atoms with Crippen molar-refractivity contribution in [3.05, 3.63) is 70.6 Å². The minimum absolute atomic E-state index is 0.250. The summed E-state index contributed by atoms with van der Waals surface area (Å²) < 4.78 is 5.74. The van der Waals surface area contributed by atoms with Gasteiger partial charge in [0.15, 0.2) is 5.17 Å². The van der Waals surface area contributed by atoms with Gasteiger partial charge in [-0.3, -0.25) is 9.59 Å². The second-order valence-corrected chi connectivity index (χ2v) is 6.39. The van der Waals surface area contributed by atoms with Gasteiger partial charge >= 0.3 is 0 Å². The molecule has 0 saturated heterocycles. The van der Waals surface area contributed by atoms with Crippen molar-refractivity contribution in [3.63, 3.8) is 0 Å². The van der Waals surface area contributed by atoms with Gasteiger partial charge in [0.1, 0.15) is 12.4 Å². The molecule has 5 nitrogen and oxygen atoms in total. The number of carbonyl (C=O) groups is 2. The molecule has 126 valence electrons. The van der Waals surface area contributed by atoms with Crippen molar-refractivity contribution in [1.82, 2.24) is 5.32 Å². The maximum absolute atomic E-state index is 11.8. The summed E-state index contributed by atoms with van der Waals surface area (Å²) in [6, 6.07) is 17.4. The van der Waals surface area contributed by atoms with E-state index < -0.39 is 0 Å². The van der Waals surface area contributed by atoms with Crippen molar-refractivity contribution in [1.29, 1.82) is 0 Å². The Bertz CT molecular complexity index is 843. The van der Waals surface area contributed by atoms with Gasteiger partial charge in [0.25, 0.3) is 5.91 Å². The number of hydrogen-bond donors (Lipinski definition) is 1. The summed E-state index contributed by atoms with van der Waals surface area (Å²) in [6.07, 6.45) is 1.74. The molecular weight excluding hydrogens is 336 g/mol. The number of thioether (sulfide) groups is 1. The lowest BCUT2D eigenvalue weighted by atomic mass is 10.2. The quantitative estimate of drug-likeness (QED) is 0.857. The Morgan fingerprint density at radius 1 is 1.16 bits per heavy atom. The average Bonchev–Trinajstić information content (AvgIpc) is 2.93. The molecule has 0 fully saturated rings. The first-order valence-electron chi connectivity index (χ1n) is 7.67. The summed E-state index contributed by atoms with van der Waals surface area (Å²) in [6.45, 7) is 1.88. The number of hydrogen-bond acceptors (Lipinski definition) is 4. The van der Waals surface area contributed by atoms with Gasteiger partial charge in [-0.1, -0.05) is 42.5 Å². The molecule has 6 heteroatoms. The predicted octanol–water partition coefficient (Wildman–Crippen LogP) is 3.37. The zero-order valence-electron chi connectivity index (χ0n) is 13.6. The molecule has 1 aliphatic heterocycles. The summed E-state index contributed by atoms with van der Waals surface area (Å²) in [5.74, 6) is 0.157. The van der Waals surface area contributed by atoms with Crippen LogP contribution in [-0.2, 0) is 16.2 Å². The third-order valence-electron chi connectivity index (χ3n) is 3.33. The van der Waals surface area contributed by atoms with Crippen LogP contribution in [0.5, 0.6) is 5.75 Å². The lowest BCUT2D eigenvalue weighted by Gasteiger charge is -2.06. The van der Waals surface area contributed by atoms with Crippen LogP contribution < -0.4 is 10.1 Å². The topological polar surface area (TPSA) is 67.8 Å². The average molecular weight is 352 g/mol. The molecule has 0 saturated carbocycles. The van der Waals surface area contributed by atoms with Crippen LogP contribution in [0.4, 0.5) is 0 Å². The molecule has 1 aliphatic rings. The Balaban J connectivity index is 1.61. The Labute approximate surface area is 149 Å². The van der Waals surface area contributed by atoms with Crippen LogP contribution in [0, 0.1) is 0 Å². The first kappa shape index (κ1) is 17.0. The Morgan fingerprint density at radius 3 is 2.56 bits per heavy atom. The van der Waals surface area contributed by atoms with Crippen LogP contribution >= 0.6 is 11.8 Å². The van der Waals surface area contributed by atoms with Crippen LogP contribution in [0.1, 0.15) is 18.1 Å². The number of nitrogens with one attached hydrogen (secondary N) is 1. The second-order valence-electron chi connectivity index (χ2n) is 5.36. The van der Waals surface area contributed by atoms with Gasteiger partial charge in [-0.2, -0.15) is 4.99 Å². The molecule has 0 atom stereocenters. The molecule has 0 spiro atoms. The molecule has 1 heterocycles. The van der Waals surface area contributed by atoms with Crippen molar-refractivity contribution >= 4 is 34.8 Å². The third-order valence-corrected chi connectivity index (χ3v) is 4.23. The number of benzene rings is 2. The standard InChI is InChI=1S/C19H16N2O3S/c1-13(22)20-19-21-18(23)17(25-19)11-14-7-9-16(10-8-14)24-12-15-5-3-2-4-6-15/h2-11H,12H2,1H3,(H,20,21,22,23). The maximum atomic E-state index is 11.8. The van der Waals surface area contributed by atoms with E-state index in [0.717, 1.165) is 28.6 Å². The highest BCUT2D eigenvalue weighted by Crippen LogP contribution is 2.28. The zero-order valence-corrected chi connectivity index (χ0v) is 14.4. The summed E-state index contributed by atoms with van der Waals surface area (Å²) in [4.78, 5) is 27.1.